The quantitative estimate of drug-likeness (QED) is 0.271. The zero-order valence-corrected chi connectivity index (χ0v) is 19.8. The van der Waals surface area contributed by atoms with Gasteiger partial charge in [-0.2, -0.15) is 0 Å². The van der Waals surface area contributed by atoms with E-state index in [1.807, 2.05) is 52.9 Å². The minimum atomic E-state index is -0.319. The fraction of sp³-hybridized carbons (Fsp3) is 0.120. The molecule has 0 fully saturated rings. The van der Waals surface area contributed by atoms with Crippen LogP contribution >= 0.6 is 23.4 Å². The highest BCUT2D eigenvalue weighted by molar-refractivity contribution is 7.99. The monoisotopic (exact) mass is 489 g/mol. The number of likely N-dealkylation sites (N-methyl/N-ethyl adjacent to an activating group) is 1. The van der Waals surface area contributed by atoms with Gasteiger partial charge in [-0.3, -0.25) is 14.0 Å². The number of imidazole rings is 1. The Morgan fingerprint density at radius 2 is 1.68 bits per heavy atom. The number of rotatable bonds is 6. The molecule has 5 aromatic rings. The Kier molecular flexibility index (Phi) is 6.08. The number of nitrogens with zero attached hydrogens (tertiary/aromatic N) is 4. The maximum atomic E-state index is 12.8. The molecule has 7 nitrogen and oxygen atoms in total. The van der Waals surface area contributed by atoms with Crippen LogP contribution in [0.1, 0.15) is 0 Å². The maximum absolute atomic E-state index is 12.8. The highest BCUT2D eigenvalue weighted by Crippen LogP contribution is 2.29. The van der Waals surface area contributed by atoms with Gasteiger partial charge < -0.3 is 10.2 Å². The summed E-state index contributed by atoms with van der Waals surface area (Å²) in [5.74, 6) is -0.379. The summed E-state index contributed by atoms with van der Waals surface area (Å²) >= 11 is 7.42. The minimum Gasteiger partial charge on any atom is -0.336 e. The number of para-hydroxylation sites is 4. The van der Waals surface area contributed by atoms with Crippen molar-refractivity contribution in [2.45, 2.75) is 5.16 Å². The maximum Gasteiger partial charge on any atom is 0.244 e. The van der Waals surface area contributed by atoms with Crippen LogP contribution in [0.4, 0.5) is 5.69 Å². The number of halogens is 1. The number of thioether (sulfide) groups is 1. The topological polar surface area (TPSA) is 79.6 Å². The van der Waals surface area contributed by atoms with E-state index in [1.165, 1.54) is 16.7 Å². The number of carbonyl (C=O) groups is 2. The normalized spacial score (nSPS) is 11.2. The van der Waals surface area contributed by atoms with Crippen LogP contribution < -0.4 is 5.32 Å². The van der Waals surface area contributed by atoms with Gasteiger partial charge in [-0.05, 0) is 36.4 Å². The van der Waals surface area contributed by atoms with Crippen molar-refractivity contribution in [2.24, 2.45) is 0 Å². The standard InChI is InChI=1S/C25H20ClN5O2S/c1-30(14-22(32)27-19-11-5-3-9-17(19)26)23(33)15-34-25-29-18-10-4-2-8-16(18)24-28-20-12-6-7-13-21(20)31(24)25/h2-13H,14-15H2,1H3,(H,27,32). The molecule has 0 atom stereocenters. The molecule has 2 heterocycles. The third-order valence-electron chi connectivity index (χ3n) is 5.39. The molecule has 0 unspecified atom stereocenters. The van der Waals surface area contributed by atoms with E-state index in [4.69, 9.17) is 21.6 Å². The Morgan fingerprint density at radius 3 is 2.50 bits per heavy atom. The average molecular weight is 490 g/mol. The molecule has 170 valence electrons. The summed E-state index contributed by atoms with van der Waals surface area (Å²) in [6.45, 7) is -0.0841. The summed E-state index contributed by atoms with van der Waals surface area (Å²) in [5.41, 5.74) is 3.92. The van der Waals surface area contributed by atoms with Gasteiger partial charge in [0, 0.05) is 12.4 Å². The predicted molar refractivity (Wildman–Crippen MR) is 136 cm³/mol. The Hall–Kier alpha value is -3.62. The van der Waals surface area contributed by atoms with Crippen LogP contribution in [0.25, 0.3) is 27.6 Å². The van der Waals surface area contributed by atoms with Crippen molar-refractivity contribution in [2.75, 3.05) is 24.7 Å². The van der Waals surface area contributed by atoms with Gasteiger partial charge in [-0.15, -0.1) is 0 Å². The first-order chi connectivity index (χ1) is 16.5. The van der Waals surface area contributed by atoms with E-state index >= 15 is 0 Å². The molecule has 0 bridgehead atoms. The van der Waals surface area contributed by atoms with E-state index < -0.39 is 0 Å². The summed E-state index contributed by atoms with van der Waals surface area (Å²) < 4.78 is 1.99. The van der Waals surface area contributed by atoms with Crippen LogP contribution in [-0.2, 0) is 9.59 Å². The molecule has 0 aliphatic carbocycles. The van der Waals surface area contributed by atoms with Gasteiger partial charge in [0.1, 0.15) is 5.65 Å². The van der Waals surface area contributed by atoms with Crippen LogP contribution in [0.3, 0.4) is 0 Å². The molecule has 1 N–H and O–H groups in total. The Bertz CT molecular complexity index is 1550. The number of amides is 2. The second-order valence-electron chi connectivity index (χ2n) is 7.74. The zero-order valence-electron chi connectivity index (χ0n) is 18.2. The second kappa shape index (κ2) is 9.32. The molecule has 0 aliphatic heterocycles. The Balaban J connectivity index is 1.35. The molecular weight excluding hydrogens is 470 g/mol. The van der Waals surface area contributed by atoms with Crippen molar-refractivity contribution in [3.8, 4) is 0 Å². The van der Waals surface area contributed by atoms with Gasteiger partial charge in [0.25, 0.3) is 0 Å². The average Bonchev–Trinajstić information content (AvgIpc) is 3.24. The van der Waals surface area contributed by atoms with Crippen molar-refractivity contribution < 1.29 is 9.59 Å². The minimum absolute atomic E-state index is 0.0841. The second-order valence-corrected chi connectivity index (χ2v) is 9.09. The van der Waals surface area contributed by atoms with Crippen LogP contribution in [0.5, 0.6) is 0 Å². The van der Waals surface area contributed by atoms with E-state index in [9.17, 15) is 9.59 Å². The number of hydrogen-bond acceptors (Lipinski definition) is 5. The number of benzene rings is 3. The molecule has 3 aromatic carbocycles. The van der Waals surface area contributed by atoms with E-state index in [2.05, 4.69) is 5.32 Å². The number of hydrogen-bond donors (Lipinski definition) is 1. The zero-order chi connectivity index (χ0) is 23.7. The lowest BCUT2D eigenvalue weighted by molar-refractivity contribution is -0.131. The number of nitrogens with one attached hydrogen (secondary N) is 1. The van der Waals surface area contributed by atoms with Crippen molar-refractivity contribution in [3.05, 3.63) is 77.8 Å². The van der Waals surface area contributed by atoms with Crippen LogP contribution in [0.2, 0.25) is 5.02 Å². The smallest absolute Gasteiger partial charge is 0.244 e. The summed E-state index contributed by atoms with van der Waals surface area (Å²) in [6.07, 6.45) is 0. The molecule has 34 heavy (non-hydrogen) atoms. The number of aromatic nitrogens is 3. The largest absolute Gasteiger partial charge is 0.336 e. The molecule has 9 heteroatoms. The first-order valence-corrected chi connectivity index (χ1v) is 11.9. The summed E-state index contributed by atoms with van der Waals surface area (Å²) in [4.78, 5) is 36.2. The molecule has 0 radical (unpaired) electrons. The van der Waals surface area contributed by atoms with Crippen LogP contribution in [-0.4, -0.2) is 50.4 Å². The van der Waals surface area contributed by atoms with Crippen molar-refractivity contribution in [1.82, 2.24) is 19.3 Å². The molecule has 0 saturated carbocycles. The molecular formula is C25H20ClN5O2S. The van der Waals surface area contributed by atoms with Crippen molar-refractivity contribution >= 4 is 68.4 Å². The van der Waals surface area contributed by atoms with E-state index in [1.54, 1.807) is 31.3 Å². The first kappa shape index (κ1) is 22.2. The fourth-order valence-corrected chi connectivity index (χ4v) is 4.84. The lowest BCUT2D eigenvalue weighted by Crippen LogP contribution is -2.36. The van der Waals surface area contributed by atoms with Crippen LogP contribution in [0.15, 0.2) is 78.0 Å². The molecule has 0 saturated heterocycles. The van der Waals surface area contributed by atoms with E-state index in [-0.39, 0.29) is 24.1 Å². The fourth-order valence-electron chi connectivity index (χ4n) is 3.70. The molecule has 5 rings (SSSR count). The van der Waals surface area contributed by atoms with Gasteiger partial charge in [0.15, 0.2) is 5.16 Å². The highest BCUT2D eigenvalue weighted by Gasteiger charge is 2.18. The SMILES string of the molecule is CN(CC(=O)Nc1ccccc1Cl)C(=O)CSc1nc2ccccc2c2nc3ccccc3n12. The lowest BCUT2D eigenvalue weighted by Gasteiger charge is -2.17. The van der Waals surface area contributed by atoms with Gasteiger partial charge >= 0.3 is 0 Å². The van der Waals surface area contributed by atoms with Gasteiger partial charge in [0.2, 0.25) is 11.8 Å². The molecule has 0 aliphatic rings. The third kappa shape index (κ3) is 4.30. The van der Waals surface area contributed by atoms with Crippen molar-refractivity contribution in [3.63, 3.8) is 0 Å². The summed E-state index contributed by atoms with van der Waals surface area (Å²) in [5, 5.41) is 4.80. The number of carbonyl (C=O) groups excluding carboxylic acids is 2. The summed E-state index contributed by atoms with van der Waals surface area (Å²) in [7, 11) is 1.60. The Labute approximate surface area is 204 Å². The number of fused-ring (bicyclic) bond motifs is 5. The van der Waals surface area contributed by atoms with E-state index in [0.29, 0.717) is 15.9 Å². The summed E-state index contributed by atoms with van der Waals surface area (Å²) in [6, 6.07) is 22.6. The third-order valence-corrected chi connectivity index (χ3v) is 6.65. The van der Waals surface area contributed by atoms with Gasteiger partial charge in [-0.1, -0.05) is 59.8 Å². The molecule has 2 aromatic heterocycles. The van der Waals surface area contributed by atoms with E-state index in [0.717, 1.165) is 27.6 Å². The molecule has 0 spiro atoms. The highest BCUT2D eigenvalue weighted by atomic mass is 35.5. The lowest BCUT2D eigenvalue weighted by atomic mass is 10.2. The molecule has 2 amide bonds. The van der Waals surface area contributed by atoms with Crippen molar-refractivity contribution in [1.29, 1.82) is 0 Å². The van der Waals surface area contributed by atoms with Gasteiger partial charge in [0.05, 0.1) is 39.6 Å². The number of anilines is 1. The Morgan fingerprint density at radius 1 is 0.971 bits per heavy atom. The first-order valence-electron chi connectivity index (χ1n) is 10.6. The van der Waals surface area contributed by atoms with Crippen LogP contribution in [0, 0.1) is 0 Å². The van der Waals surface area contributed by atoms with Gasteiger partial charge in [-0.25, -0.2) is 9.97 Å². The predicted octanol–water partition coefficient (Wildman–Crippen LogP) is 4.88.